The second kappa shape index (κ2) is 4.07. The topological polar surface area (TPSA) is 113 Å². The van der Waals surface area contributed by atoms with Gasteiger partial charge in [0, 0.05) is 18.9 Å². The van der Waals surface area contributed by atoms with Crippen molar-refractivity contribution in [1.82, 2.24) is 19.7 Å². The Hall–Kier alpha value is -2.28. The molecule has 0 aliphatic heterocycles. The van der Waals surface area contributed by atoms with Crippen LogP contribution >= 0.6 is 0 Å². The van der Waals surface area contributed by atoms with E-state index in [2.05, 4.69) is 15.1 Å². The zero-order valence-electron chi connectivity index (χ0n) is 8.37. The van der Waals surface area contributed by atoms with Crippen molar-refractivity contribution in [2.24, 2.45) is 11.5 Å². The van der Waals surface area contributed by atoms with Gasteiger partial charge < -0.3 is 11.5 Å². The lowest BCUT2D eigenvalue weighted by molar-refractivity contribution is 0.0995. The maximum Gasteiger partial charge on any atom is 0.269 e. The fourth-order valence-corrected chi connectivity index (χ4v) is 1.18. The minimum absolute atomic E-state index is 0.168. The van der Waals surface area contributed by atoms with Gasteiger partial charge in [-0.05, 0) is 12.1 Å². The molecule has 2 heterocycles. The first-order valence-electron chi connectivity index (χ1n) is 4.58. The Labute approximate surface area is 91.1 Å². The van der Waals surface area contributed by atoms with E-state index < -0.39 is 5.91 Å². The lowest BCUT2D eigenvalue weighted by Crippen LogP contribution is -2.13. The van der Waals surface area contributed by atoms with Crippen molar-refractivity contribution in [3.8, 4) is 5.95 Å². The molecule has 0 fully saturated rings. The normalized spacial score (nSPS) is 10.3. The van der Waals surface area contributed by atoms with E-state index in [0.29, 0.717) is 18.2 Å². The first-order valence-corrected chi connectivity index (χ1v) is 4.58. The quantitative estimate of drug-likeness (QED) is 0.701. The zero-order valence-corrected chi connectivity index (χ0v) is 8.37. The molecule has 0 spiro atoms. The number of aromatic nitrogens is 4. The van der Waals surface area contributed by atoms with E-state index in [-0.39, 0.29) is 5.69 Å². The summed E-state index contributed by atoms with van der Waals surface area (Å²) in [6.45, 7) is 0.319. The number of carbonyl (C=O) groups is 1. The van der Waals surface area contributed by atoms with Crippen LogP contribution in [0.4, 0.5) is 0 Å². The Morgan fingerprint density at radius 3 is 2.88 bits per heavy atom. The molecule has 16 heavy (non-hydrogen) atoms. The number of hydrogen-bond donors (Lipinski definition) is 2. The summed E-state index contributed by atoms with van der Waals surface area (Å²) in [6.07, 6.45) is 3.14. The molecule has 0 radical (unpaired) electrons. The van der Waals surface area contributed by atoms with Gasteiger partial charge in [0.05, 0.1) is 5.69 Å². The van der Waals surface area contributed by atoms with Crippen LogP contribution < -0.4 is 11.5 Å². The number of nitrogens with zero attached hydrogens (tertiary/aromatic N) is 4. The fraction of sp³-hybridized carbons (Fsp3) is 0.111. The first kappa shape index (κ1) is 10.2. The molecule has 0 aliphatic rings. The van der Waals surface area contributed by atoms with Gasteiger partial charge in [0.1, 0.15) is 5.69 Å². The lowest BCUT2D eigenvalue weighted by Gasteiger charge is -2.00. The Morgan fingerprint density at radius 2 is 2.25 bits per heavy atom. The van der Waals surface area contributed by atoms with Crippen molar-refractivity contribution in [1.29, 1.82) is 0 Å². The van der Waals surface area contributed by atoms with Gasteiger partial charge in [-0.1, -0.05) is 0 Å². The minimum atomic E-state index is -0.589. The van der Waals surface area contributed by atoms with Crippen LogP contribution in [0.5, 0.6) is 0 Å². The van der Waals surface area contributed by atoms with Gasteiger partial charge in [-0.15, -0.1) is 0 Å². The molecule has 4 N–H and O–H groups in total. The first-order chi connectivity index (χ1) is 7.70. The van der Waals surface area contributed by atoms with Gasteiger partial charge in [0.2, 0.25) is 0 Å². The van der Waals surface area contributed by atoms with Crippen molar-refractivity contribution in [2.75, 3.05) is 0 Å². The van der Waals surface area contributed by atoms with Crippen LogP contribution in [-0.2, 0) is 6.54 Å². The predicted octanol–water partition coefficient (Wildman–Crippen LogP) is -0.780. The van der Waals surface area contributed by atoms with Crippen molar-refractivity contribution < 1.29 is 4.79 Å². The van der Waals surface area contributed by atoms with Crippen molar-refractivity contribution in [3.05, 3.63) is 35.9 Å². The summed E-state index contributed by atoms with van der Waals surface area (Å²) < 4.78 is 1.37. The van der Waals surface area contributed by atoms with Crippen LogP contribution in [0.3, 0.4) is 0 Å². The number of hydrogen-bond acceptors (Lipinski definition) is 5. The predicted molar refractivity (Wildman–Crippen MR) is 55.6 cm³/mol. The molecule has 0 unspecified atom stereocenters. The summed E-state index contributed by atoms with van der Waals surface area (Å²) in [6, 6.07) is 3.21. The average Bonchev–Trinajstić information content (AvgIpc) is 2.78. The highest BCUT2D eigenvalue weighted by Crippen LogP contribution is 2.02. The third-order valence-corrected chi connectivity index (χ3v) is 1.96. The molecule has 0 atom stereocenters. The van der Waals surface area contributed by atoms with Crippen molar-refractivity contribution in [2.45, 2.75) is 6.54 Å². The summed E-state index contributed by atoms with van der Waals surface area (Å²) in [7, 11) is 0. The molecule has 0 saturated carbocycles. The summed E-state index contributed by atoms with van der Waals surface area (Å²) >= 11 is 0. The number of primary amides is 1. The van der Waals surface area contributed by atoms with Gasteiger partial charge >= 0.3 is 0 Å². The molecule has 0 bridgehead atoms. The largest absolute Gasteiger partial charge is 0.364 e. The lowest BCUT2D eigenvalue weighted by atomic mass is 10.4. The summed E-state index contributed by atoms with van der Waals surface area (Å²) in [4.78, 5) is 19.0. The van der Waals surface area contributed by atoms with E-state index in [9.17, 15) is 4.79 Å². The van der Waals surface area contributed by atoms with Crippen LogP contribution in [0, 0.1) is 0 Å². The zero-order chi connectivity index (χ0) is 11.5. The molecule has 0 aliphatic carbocycles. The summed E-state index contributed by atoms with van der Waals surface area (Å²) in [5.74, 6) is -0.232. The number of rotatable bonds is 3. The van der Waals surface area contributed by atoms with Crippen molar-refractivity contribution >= 4 is 5.91 Å². The average molecular weight is 218 g/mol. The van der Waals surface area contributed by atoms with Gasteiger partial charge in [-0.3, -0.25) is 4.79 Å². The van der Waals surface area contributed by atoms with Gasteiger partial charge in [0.25, 0.3) is 11.9 Å². The van der Waals surface area contributed by atoms with E-state index in [1.54, 1.807) is 18.5 Å². The smallest absolute Gasteiger partial charge is 0.269 e. The highest BCUT2D eigenvalue weighted by atomic mass is 16.1. The molecular formula is C9H10N6O. The second-order valence-electron chi connectivity index (χ2n) is 3.06. The Bertz CT molecular complexity index is 520. The highest BCUT2D eigenvalue weighted by Gasteiger charge is 2.07. The van der Waals surface area contributed by atoms with Gasteiger partial charge in [-0.2, -0.15) is 5.10 Å². The number of carbonyl (C=O) groups excluding carboxylic acids is 1. The van der Waals surface area contributed by atoms with E-state index in [4.69, 9.17) is 11.5 Å². The number of amides is 1. The molecule has 7 nitrogen and oxygen atoms in total. The van der Waals surface area contributed by atoms with Gasteiger partial charge in [-0.25, -0.2) is 14.6 Å². The van der Waals surface area contributed by atoms with Crippen LogP contribution in [0.1, 0.15) is 16.2 Å². The van der Waals surface area contributed by atoms with Crippen LogP contribution in [-0.4, -0.2) is 25.7 Å². The van der Waals surface area contributed by atoms with Crippen LogP contribution in [0.25, 0.3) is 5.95 Å². The molecule has 0 saturated heterocycles. The molecule has 82 valence electrons. The molecular weight excluding hydrogens is 208 g/mol. The maximum absolute atomic E-state index is 10.9. The fourth-order valence-electron chi connectivity index (χ4n) is 1.18. The monoisotopic (exact) mass is 218 g/mol. The van der Waals surface area contributed by atoms with Crippen molar-refractivity contribution in [3.63, 3.8) is 0 Å². The van der Waals surface area contributed by atoms with E-state index >= 15 is 0 Å². The van der Waals surface area contributed by atoms with E-state index in [1.807, 2.05) is 0 Å². The molecule has 2 aromatic heterocycles. The highest BCUT2D eigenvalue weighted by molar-refractivity contribution is 5.90. The summed E-state index contributed by atoms with van der Waals surface area (Å²) in [5.41, 5.74) is 11.4. The maximum atomic E-state index is 10.9. The molecule has 0 aromatic carbocycles. The van der Waals surface area contributed by atoms with Crippen LogP contribution in [0.2, 0.25) is 0 Å². The third-order valence-electron chi connectivity index (χ3n) is 1.96. The SMILES string of the molecule is NCc1ccnc(-n2ccc(C(N)=O)n2)n1. The standard InChI is InChI=1S/C9H10N6O/c10-5-6-1-3-12-9(13-6)15-4-2-7(14-15)8(11)16/h1-4H,5,10H2,(H2,11,16). The Kier molecular flexibility index (Phi) is 2.61. The van der Waals surface area contributed by atoms with E-state index in [0.717, 1.165) is 0 Å². The van der Waals surface area contributed by atoms with Crippen LogP contribution in [0.15, 0.2) is 24.5 Å². The third kappa shape index (κ3) is 1.89. The van der Waals surface area contributed by atoms with Gasteiger partial charge in [0.15, 0.2) is 0 Å². The molecule has 2 rings (SSSR count). The Morgan fingerprint density at radius 1 is 1.44 bits per heavy atom. The molecule has 7 heteroatoms. The second-order valence-corrected chi connectivity index (χ2v) is 3.06. The van der Waals surface area contributed by atoms with E-state index in [1.165, 1.54) is 10.7 Å². The molecule has 1 amide bonds. The number of nitrogens with two attached hydrogens (primary N) is 2. The molecule has 2 aromatic rings. The minimum Gasteiger partial charge on any atom is -0.364 e. The Balaban J connectivity index is 2.38. The summed E-state index contributed by atoms with van der Waals surface area (Å²) in [5, 5.41) is 3.93.